The first-order valence-corrected chi connectivity index (χ1v) is 7.37. The predicted molar refractivity (Wildman–Crippen MR) is 74.6 cm³/mol. The Morgan fingerprint density at radius 3 is 2.74 bits per heavy atom. The van der Waals surface area contributed by atoms with Gasteiger partial charge in [0.05, 0.1) is 0 Å². The number of hydrogen-bond donors (Lipinski definition) is 1. The molecule has 3 aliphatic rings. The van der Waals surface area contributed by atoms with Crippen LogP contribution in [0.3, 0.4) is 0 Å². The fourth-order valence-corrected chi connectivity index (χ4v) is 5.36. The van der Waals surface area contributed by atoms with Crippen molar-refractivity contribution in [2.75, 3.05) is 0 Å². The van der Waals surface area contributed by atoms with Crippen LogP contribution < -0.4 is 4.74 Å². The Balaban J connectivity index is 1.95. The smallest absolute Gasteiger partial charge is 0.127 e. The molecule has 1 aromatic carbocycles. The number of aromatic hydroxyl groups is 1. The maximum absolute atomic E-state index is 9.84. The van der Waals surface area contributed by atoms with Gasteiger partial charge in [-0.1, -0.05) is 13.8 Å². The Morgan fingerprint density at radius 1 is 1.26 bits per heavy atom. The van der Waals surface area contributed by atoms with Crippen molar-refractivity contribution in [1.82, 2.24) is 0 Å². The van der Waals surface area contributed by atoms with Crippen LogP contribution in [-0.4, -0.2) is 10.7 Å². The molecule has 4 rings (SSSR count). The molecule has 0 spiro atoms. The molecule has 2 nitrogen and oxygen atoms in total. The maximum Gasteiger partial charge on any atom is 0.127 e. The van der Waals surface area contributed by atoms with Crippen molar-refractivity contribution in [3.63, 3.8) is 0 Å². The van der Waals surface area contributed by atoms with Gasteiger partial charge in [0.25, 0.3) is 0 Å². The summed E-state index contributed by atoms with van der Waals surface area (Å²) in [5.74, 6) is 3.30. The van der Waals surface area contributed by atoms with Crippen LogP contribution in [0.5, 0.6) is 11.5 Å². The number of phenols is 1. The van der Waals surface area contributed by atoms with Crippen LogP contribution in [0.15, 0.2) is 12.1 Å². The number of phenolic OH excluding ortho intramolecular Hbond substituents is 1. The van der Waals surface area contributed by atoms with Crippen LogP contribution in [-0.2, 0) is 0 Å². The summed E-state index contributed by atoms with van der Waals surface area (Å²) in [4.78, 5) is 0. The van der Waals surface area contributed by atoms with Crippen molar-refractivity contribution in [1.29, 1.82) is 0 Å². The van der Waals surface area contributed by atoms with Gasteiger partial charge in [-0.15, -0.1) is 0 Å². The Labute approximate surface area is 114 Å². The van der Waals surface area contributed by atoms with Crippen molar-refractivity contribution < 1.29 is 9.84 Å². The van der Waals surface area contributed by atoms with Crippen LogP contribution >= 0.6 is 0 Å². The summed E-state index contributed by atoms with van der Waals surface area (Å²) in [5.41, 5.74) is 2.88. The summed E-state index contributed by atoms with van der Waals surface area (Å²) in [6, 6.07) is 3.69. The summed E-state index contributed by atoms with van der Waals surface area (Å²) >= 11 is 0. The molecule has 2 fully saturated rings. The zero-order valence-electron chi connectivity index (χ0n) is 12.2. The minimum atomic E-state index is -0.0158. The van der Waals surface area contributed by atoms with Crippen molar-refractivity contribution in [3.8, 4) is 11.5 Å². The van der Waals surface area contributed by atoms with Gasteiger partial charge in [-0.05, 0) is 49.7 Å². The molecule has 0 unspecified atom stereocenters. The van der Waals surface area contributed by atoms with E-state index in [1.807, 2.05) is 12.1 Å². The molecule has 0 bridgehead atoms. The van der Waals surface area contributed by atoms with Crippen LogP contribution in [0, 0.1) is 24.2 Å². The van der Waals surface area contributed by atoms with Crippen molar-refractivity contribution >= 4 is 0 Å². The first-order valence-electron chi connectivity index (χ1n) is 7.37. The van der Waals surface area contributed by atoms with Gasteiger partial charge < -0.3 is 9.84 Å². The zero-order chi connectivity index (χ0) is 13.6. The van der Waals surface area contributed by atoms with E-state index >= 15 is 0 Å². The van der Waals surface area contributed by atoms with E-state index in [2.05, 4.69) is 27.7 Å². The summed E-state index contributed by atoms with van der Waals surface area (Å²) in [5, 5.41) is 9.84. The van der Waals surface area contributed by atoms with Crippen LogP contribution in [0.25, 0.3) is 0 Å². The quantitative estimate of drug-likeness (QED) is 0.762. The molecule has 2 saturated carbocycles. The molecule has 1 N–H and O–H groups in total. The van der Waals surface area contributed by atoms with E-state index in [4.69, 9.17) is 4.74 Å². The molecule has 1 aromatic rings. The van der Waals surface area contributed by atoms with Gasteiger partial charge in [0, 0.05) is 23.5 Å². The van der Waals surface area contributed by atoms with Crippen molar-refractivity contribution in [2.24, 2.45) is 17.3 Å². The minimum Gasteiger partial charge on any atom is -0.508 e. The molecule has 0 radical (unpaired) electrons. The van der Waals surface area contributed by atoms with E-state index in [9.17, 15) is 5.11 Å². The molecule has 1 heterocycles. The van der Waals surface area contributed by atoms with E-state index in [-0.39, 0.29) is 5.60 Å². The number of ether oxygens (including phenoxy) is 1. The Bertz CT molecular complexity index is 575. The number of aryl methyl sites for hydroxylation is 1. The molecule has 0 aromatic heterocycles. The van der Waals surface area contributed by atoms with Crippen molar-refractivity contribution in [3.05, 3.63) is 23.3 Å². The predicted octanol–water partition coefficient (Wildman–Crippen LogP) is 4.00. The third kappa shape index (κ3) is 1.19. The van der Waals surface area contributed by atoms with Crippen molar-refractivity contribution in [2.45, 2.75) is 52.1 Å². The van der Waals surface area contributed by atoms with E-state index in [0.29, 0.717) is 23.0 Å². The lowest BCUT2D eigenvalue weighted by Crippen LogP contribution is -2.59. The lowest BCUT2D eigenvalue weighted by molar-refractivity contribution is -0.120. The summed E-state index contributed by atoms with van der Waals surface area (Å²) in [6.45, 7) is 9.18. The third-order valence-corrected chi connectivity index (χ3v) is 6.19. The summed E-state index contributed by atoms with van der Waals surface area (Å²) < 4.78 is 6.34. The first-order chi connectivity index (χ1) is 8.84. The zero-order valence-corrected chi connectivity index (χ0v) is 12.2. The number of benzene rings is 1. The highest BCUT2D eigenvalue weighted by molar-refractivity contribution is 5.53. The molecule has 102 valence electrons. The standard InChI is InChI=1S/C17H22O2/c1-9-7-10(18)8-12-13(9)15-14-11(16(15,2)3)5-6-17(14,4)19-12/h7-8,11,14-15,18H,5-6H2,1-4H3/t11-,14+,15+,17+/m1/s1. The van der Waals surface area contributed by atoms with Crippen LogP contribution in [0.2, 0.25) is 0 Å². The SMILES string of the molecule is Cc1cc(O)cc2c1[C@H]1[C@@H]3[C@@H](CC[C@]3(C)O2)C1(C)C. The van der Waals surface area contributed by atoms with E-state index in [1.165, 1.54) is 17.5 Å². The lowest BCUT2D eigenvalue weighted by atomic mass is 9.45. The highest BCUT2D eigenvalue weighted by Crippen LogP contribution is 2.73. The Morgan fingerprint density at radius 2 is 2.00 bits per heavy atom. The highest BCUT2D eigenvalue weighted by atomic mass is 16.5. The van der Waals surface area contributed by atoms with Gasteiger partial charge in [0.2, 0.25) is 0 Å². The summed E-state index contributed by atoms with van der Waals surface area (Å²) in [7, 11) is 0. The van der Waals surface area contributed by atoms with E-state index in [0.717, 1.165) is 18.1 Å². The highest BCUT2D eigenvalue weighted by Gasteiger charge is 2.69. The molecule has 0 saturated heterocycles. The average Bonchev–Trinajstić information content (AvgIpc) is 2.61. The molecule has 1 aliphatic heterocycles. The third-order valence-electron chi connectivity index (χ3n) is 6.19. The van der Waals surface area contributed by atoms with Gasteiger partial charge >= 0.3 is 0 Å². The Hall–Kier alpha value is -1.18. The minimum absolute atomic E-state index is 0.0158. The van der Waals surface area contributed by atoms with Crippen LogP contribution in [0.1, 0.15) is 50.7 Å². The molecule has 0 amide bonds. The van der Waals surface area contributed by atoms with Crippen LogP contribution in [0.4, 0.5) is 0 Å². The second-order valence-corrected chi connectivity index (χ2v) is 7.56. The number of hydrogen-bond acceptors (Lipinski definition) is 2. The summed E-state index contributed by atoms with van der Waals surface area (Å²) in [6.07, 6.45) is 2.43. The van der Waals surface area contributed by atoms with Gasteiger partial charge in [-0.2, -0.15) is 0 Å². The average molecular weight is 258 g/mol. The normalized spacial score (nSPS) is 40.9. The fraction of sp³-hybridized carbons (Fsp3) is 0.647. The number of rotatable bonds is 0. The lowest BCUT2D eigenvalue weighted by Gasteiger charge is -2.62. The molecular formula is C17H22O2. The maximum atomic E-state index is 9.84. The topological polar surface area (TPSA) is 29.5 Å². The van der Waals surface area contributed by atoms with Gasteiger partial charge in [0.15, 0.2) is 0 Å². The monoisotopic (exact) mass is 258 g/mol. The fourth-order valence-electron chi connectivity index (χ4n) is 5.36. The van der Waals surface area contributed by atoms with Gasteiger partial charge in [-0.3, -0.25) is 0 Å². The molecular weight excluding hydrogens is 236 g/mol. The first kappa shape index (κ1) is 11.6. The molecule has 2 aliphatic carbocycles. The second-order valence-electron chi connectivity index (χ2n) is 7.56. The van der Waals surface area contributed by atoms with Gasteiger partial charge in [0.1, 0.15) is 17.1 Å². The molecule has 2 heteroatoms. The Kier molecular flexibility index (Phi) is 1.90. The molecule has 19 heavy (non-hydrogen) atoms. The van der Waals surface area contributed by atoms with Gasteiger partial charge in [-0.25, -0.2) is 0 Å². The van der Waals surface area contributed by atoms with E-state index in [1.54, 1.807) is 0 Å². The molecule has 4 atom stereocenters. The number of fused-ring (bicyclic) bond motifs is 2. The second kappa shape index (κ2) is 3.11. The van der Waals surface area contributed by atoms with E-state index < -0.39 is 0 Å². The largest absolute Gasteiger partial charge is 0.508 e.